The second-order valence-corrected chi connectivity index (χ2v) is 5.45. The molecule has 3 heterocycles. The van der Waals surface area contributed by atoms with Gasteiger partial charge >= 0.3 is 0 Å². The van der Waals surface area contributed by atoms with Crippen LogP contribution in [0.1, 0.15) is 5.56 Å². The van der Waals surface area contributed by atoms with Crippen LogP contribution in [0.25, 0.3) is 21.9 Å². The monoisotopic (exact) mass is 310 g/mol. The molecule has 0 spiro atoms. The summed E-state index contributed by atoms with van der Waals surface area (Å²) in [7, 11) is 0. The Kier molecular flexibility index (Phi) is 2.94. The summed E-state index contributed by atoms with van der Waals surface area (Å²) < 4.78 is 1.57. The smallest absolute Gasteiger partial charge is 0.277 e. The molecular weight excluding hydrogens is 300 g/mol. The van der Waals surface area contributed by atoms with Crippen molar-refractivity contribution in [2.75, 3.05) is 0 Å². The topological polar surface area (TPSA) is 63.6 Å². The van der Waals surface area contributed by atoms with Crippen LogP contribution in [-0.4, -0.2) is 19.5 Å². The number of aromatic amines is 1. The van der Waals surface area contributed by atoms with Gasteiger partial charge in [-0.2, -0.15) is 0 Å². The van der Waals surface area contributed by atoms with Crippen LogP contribution in [0, 0.1) is 0 Å². The predicted molar refractivity (Wildman–Crippen MR) is 86.2 cm³/mol. The number of H-pyrrole nitrogens is 1. The molecule has 4 rings (SSSR count). The fraction of sp³-hybridized carbons (Fsp3) is 0.0625. The zero-order valence-electron chi connectivity index (χ0n) is 11.5. The summed E-state index contributed by atoms with van der Waals surface area (Å²) in [4.78, 5) is 24.2. The van der Waals surface area contributed by atoms with Crippen LogP contribution < -0.4 is 5.56 Å². The number of pyridine rings is 1. The summed E-state index contributed by atoms with van der Waals surface area (Å²) in [6.45, 7) is 0.452. The zero-order valence-corrected chi connectivity index (χ0v) is 12.2. The summed E-state index contributed by atoms with van der Waals surface area (Å²) in [5, 5.41) is 1.37. The first kappa shape index (κ1) is 13.0. The fourth-order valence-corrected chi connectivity index (χ4v) is 2.86. The molecule has 0 aliphatic carbocycles. The lowest BCUT2D eigenvalue weighted by Crippen LogP contribution is -2.21. The van der Waals surface area contributed by atoms with E-state index in [-0.39, 0.29) is 5.56 Å². The molecule has 0 amide bonds. The van der Waals surface area contributed by atoms with Gasteiger partial charge in [-0.25, -0.2) is 4.98 Å². The second-order valence-electron chi connectivity index (χ2n) is 5.04. The van der Waals surface area contributed by atoms with E-state index in [0.717, 1.165) is 16.5 Å². The van der Waals surface area contributed by atoms with Crippen LogP contribution in [0.2, 0.25) is 5.02 Å². The minimum atomic E-state index is -0.117. The Morgan fingerprint density at radius 3 is 2.82 bits per heavy atom. The van der Waals surface area contributed by atoms with Crippen molar-refractivity contribution in [3.8, 4) is 0 Å². The van der Waals surface area contributed by atoms with E-state index < -0.39 is 0 Å². The van der Waals surface area contributed by atoms with Crippen molar-refractivity contribution in [3.63, 3.8) is 0 Å². The van der Waals surface area contributed by atoms with Gasteiger partial charge in [-0.05, 0) is 29.8 Å². The van der Waals surface area contributed by atoms with Crippen molar-refractivity contribution in [2.24, 2.45) is 0 Å². The molecule has 0 aliphatic rings. The Morgan fingerprint density at radius 1 is 1.18 bits per heavy atom. The number of rotatable bonds is 2. The maximum Gasteiger partial charge on any atom is 0.277 e. The maximum atomic E-state index is 12.6. The normalized spacial score (nSPS) is 11.3. The molecular formula is C16H11ClN4O. The molecule has 0 radical (unpaired) electrons. The van der Waals surface area contributed by atoms with Gasteiger partial charge in [-0.1, -0.05) is 17.7 Å². The SMILES string of the molecule is O=c1c2[nH]c3cccc(Cl)c3c2ncn1Cc1ccncc1. The molecule has 1 aromatic carbocycles. The Morgan fingerprint density at radius 2 is 2.00 bits per heavy atom. The van der Waals surface area contributed by atoms with Gasteiger partial charge in [0, 0.05) is 23.3 Å². The van der Waals surface area contributed by atoms with E-state index in [1.54, 1.807) is 29.4 Å². The number of fused-ring (bicyclic) bond motifs is 3. The summed E-state index contributed by atoms with van der Waals surface area (Å²) in [6, 6.07) is 9.27. The molecule has 108 valence electrons. The number of benzene rings is 1. The molecule has 0 saturated carbocycles. The van der Waals surface area contributed by atoms with Gasteiger partial charge in [-0.15, -0.1) is 0 Å². The molecule has 6 heteroatoms. The molecule has 0 saturated heterocycles. The number of hydrogen-bond donors (Lipinski definition) is 1. The lowest BCUT2D eigenvalue weighted by atomic mass is 10.2. The maximum absolute atomic E-state index is 12.6. The molecule has 0 bridgehead atoms. The summed E-state index contributed by atoms with van der Waals surface area (Å²) in [6.07, 6.45) is 4.96. The highest BCUT2D eigenvalue weighted by molar-refractivity contribution is 6.37. The van der Waals surface area contributed by atoms with E-state index in [1.165, 1.54) is 0 Å². The highest BCUT2D eigenvalue weighted by atomic mass is 35.5. The molecule has 4 aromatic rings. The molecule has 0 unspecified atom stereocenters. The van der Waals surface area contributed by atoms with E-state index in [2.05, 4.69) is 15.0 Å². The van der Waals surface area contributed by atoms with Crippen molar-refractivity contribution in [1.29, 1.82) is 0 Å². The van der Waals surface area contributed by atoms with E-state index >= 15 is 0 Å². The largest absolute Gasteiger partial charge is 0.349 e. The molecule has 5 nitrogen and oxygen atoms in total. The van der Waals surface area contributed by atoms with Crippen LogP contribution in [-0.2, 0) is 6.54 Å². The summed E-state index contributed by atoms with van der Waals surface area (Å²) >= 11 is 6.22. The quantitative estimate of drug-likeness (QED) is 0.619. The van der Waals surface area contributed by atoms with Crippen molar-refractivity contribution >= 4 is 33.5 Å². The van der Waals surface area contributed by atoms with Gasteiger partial charge in [0.1, 0.15) is 11.0 Å². The number of nitrogens with one attached hydrogen (secondary N) is 1. The van der Waals surface area contributed by atoms with Gasteiger partial charge in [0.25, 0.3) is 5.56 Å². The number of halogens is 1. The van der Waals surface area contributed by atoms with Crippen LogP contribution in [0.3, 0.4) is 0 Å². The Labute approximate surface area is 130 Å². The predicted octanol–water partition coefficient (Wildman–Crippen LogP) is 2.97. The zero-order chi connectivity index (χ0) is 15.1. The van der Waals surface area contributed by atoms with Crippen molar-refractivity contribution in [1.82, 2.24) is 19.5 Å². The van der Waals surface area contributed by atoms with Gasteiger partial charge in [-0.3, -0.25) is 14.3 Å². The van der Waals surface area contributed by atoms with Crippen LogP contribution >= 0.6 is 11.6 Å². The lowest BCUT2D eigenvalue weighted by Gasteiger charge is -2.04. The minimum absolute atomic E-state index is 0.117. The van der Waals surface area contributed by atoms with Gasteiger partial charge in [0.2, 0.25) is 0 Å². The lowest BCUT2D eigenvalue weighted by molar-refractivity contribution is 0.746. The third kappa shape index (κ3) is 1.98. The molecule has 0 aliphatic heterocycles. The Bertz CT molecular complexity index is 1040. The standard InChI is InChI=1S/C16H11ClN4O/c17-11-2-1-3-12-13(11)14-15(20-12)16(22)21(9-19-14)8-10-4-6-18-7-5-10/h1-7,9,20H,8H2. The first-order valence-electron chi connectivity index (χ1n) is 6.78. The molecule has 1 N–H and O–H groups in total. The first-order chi connectivity index (χ1) is 10.7. The van der Waals surface area contributed by atoms with E-state index in [0.29, 0.717) is 22.6 Å². The number of aromatic nitrogens is 4. The van der Waals surface area contributed by atoms with E-state index in [1.807, 2.05) is 24.3 Å². The highest BCUT2D eigenvalue weighted by Gasteiger charge is 2.13. The van der Waals surface area contributed by atoms with E-state index in [4.69, 9.17) is 11.6 Å². The molecule has 3 aromatic heterocycles. The summed E-state index contributed by atoms with van der Waals surface area (Å²) in [5.74, 6) is 0. The third-order valence-electron chi connectivity index (χ3n) is 3.65. The van der Waals surface area contributed by atoms with Crippen molar-refractivity contribution in [3.05, 3.63) is 70.0 Å². The third-order valence-corrected chi connectivity index (χ3v) is 3.97. The first-order valence-corrected chi connectivity index (χ1v) is 7.16. The summed E-state index contributed by atoms with van der Waals surface area (Å²) in [5.41, 5.74) is 2.77. The second kappa shape index (κ2) is 4.96. The number of hydrogen-bond acceptors (Lipinski definition) is 3. The fourth-order valence-electron chi connectivity index (χ4n) is 2.59. The van der Waals surface area contributed by atoms with Crippen LogP contribution in [0.15, 0.2) is 53.8 Å². The molecule has 22 heavy (non-hydrogen) atoms. The Hall–Kier alpha value is -2.66. The molecule has 0 fully saturated rings. The van der Waals surface area contributed by atoms with Crippen molar-refractivity contribution < 1.29 is 0 Å². The molecule has 0 atom stereocenters. The average molecular weight is 311 g/mol. The minimum Gasteiger partial charge on any atom is -0.349 e. The van der Waals surface area contributed by atoms with E-state index in [9.17, 15) is 4.79 Å². The average Bonchev–Trinajstić information content (AvgIpc) is 2.92. The highest BCUT2D eigenvalue weighted by Crippen LogP contribution is 2.28. The van der Waals surface area contributed by atoms with Gasteiger partial charge in [0.05, 0.1) is 17.9 Å². The Balaban J connectivity index is 1.93. The van der Waals surface area contributed by atoms with Crippen LogP contribution in [0.5, 0.6) is 0 Å². The van der Waals surface area contributed by atoms with Gasteiger partial charge < -0.3 is 4.98 Å². The van der Waals surface area contributed by atoms with Gasteiger partial charge in [0.15, 0.2) is 0 Å². The number of nitrogens with zero attached hydrogens (tertiary/aromatic N) is 3. The van der Waals surface area contributed by atoms with Crippen molar-refractivity contribution in [2.45, 2.75) is 6.54 Å². The van der Waals surface area contributed by atoms with Crippen LogP contribution in [0.4, 0.5) is 0 Å².